The van der Waals surface area contributed by atoms with Gasteiger partial charge in [-0.3, -0.25) is 0 Å². The van der Waals surface area contributed by atoms with Gasteiger partial charge < -0.3 is 0 Å². The van der Waals surface area contributed by atoms with E-state index in [4.69, 9.17) is 0 Å². The van der Waals surface area contributed by atoms with Crippen molar-refractivity contribution in [2.75, 3.05) is 0 Å². The van der Waals surface area contributed by atoms with Crippen LogP contribution in [0.15, 0.2) is 24.3 Å². The predicted octanol–water partition coefficient (Wildman–Crippen LogP) is 14.2. The van der Waals surface area contributed by atoms with Gasteiger partial charge in [-0.25, -0.2) is 0 Å². The van der Waals surface area contributed by atoms with Crippen LogP contribution in [-0.2, 0) is 0 Å². The molecule has 0 N–H and O–H groups in total. The Morgan fingerprint density at radius 1 is 0.216 bits per heavy atom. The Kier molecular flexibility index (Phi) is 35.0. The lowest BCUT2D eigenvalue weighted by Crippen LogP contribution is -1.83. The zero-order valence-corrected chi connectivity index (χ0v) is 26.2. The molecule has 0 bridgehead atoms. The van der Waals surface area contributed by atoms with E-state index in [1.807, 2.05) is 0 Å². The Bertz CT molecular complexity index is 431. The fraction of sp³-hybridized carbons (Fsp3) is 0.892. The quantitative estimate of drug-likeness (QED) is 0.0616. The van der Waals surface area contributed by atoms with Crippen LogP contribution in [0.25, 0.3) is 0 Å². The third-order valence-corrected chi connectivity index (χ3v) is 8.02. The number of allylic oxidation sites excluding steroid dienone is 4. The Morgan fingerprint density at radius 2 is 0.378 bits per heavy atom. The van der Waals surface area contributed by atoms with Crippen LogP contribution in [0.2, 0.25) is 0 Å². The van der Waals surface area contributed by atoms with Crippen LogP contribution >= 0.6 is 0 Å². The average Bonchev–Trinajstić information content (AvgIpc) is 2.91. The Labute approximate surface area is 236 Å². The molecule has 0 saturated heterocycles. The van der Waals surface area contributed by atoms with Gasteiger partial charge in [-0.15, -0.1) is 0 Å². The highest BCUT2D eigenvalue weighted by molar-refractivity contribution is 4.82. The van der Waals surface area contributed by atoms with Crippen molar-refractivity contribution in [3.63, 3.8) is 0 Å². The van der Waals surface area contributed by atoms with Crippen molar-refractivity contribution >= 4 is 0 Å². The Balaban J connectivity index is 3.12. The maximum atomic E-state index is 2.46. The zero-order chi connectivity index (χ0) is 26.7. The van der Waals surface area contributed by atoms with Crippen molar-refractivity contribution in [3.8, 4) is 0 Å². The molecule has 0 aromatic carbocycles. The zero-order valence-electron chi connectivity index (χ0n) is 26.2. The Hall–Kier alpha value is -0.520. The largest absolute Gasteiger partial charge is 0.0885 e. The second-order valence-electron chi connectivity index (χ2n) is 11.9. The summed E-state index contributed by atoms with van der Waals surface area (Å²) in [5.74, 6) is 0. The number of rotatable bonds is 32. The fourth-order valence-electron chi connectivity index (χ4n) is 5.38. The molecule has 0 heteroatoms. The summed E-state index contributed by atoms with van der Waals surface area (Å²) in [6, 6.07) is 0. The number of unbranched alkanes of at least 4 members (excludes halogenated alkanes) is 28. The monoisotopic (exact) mass is 517 g/mol. The van der Waals surface area contributed by atoms with E-state index in [2.05, 4.69) is 38.2 Å². The lowest BCUT2D eigenvalue weighted by molar-refractivity contribution is 0.533. The van der Waals surface area contributed by atoms with Crippen LogP contribution in [0.3, 0.4) is 0 Å². The van der Waals surface area contributed by atoms with E-state index < -0.39 is 0 Å². The molecule has 0 aromatic rings. The molecule has 0 amide bonds. The van der Waals surface area contributed by atoms with E-state index in [-0.39, 0.29) is 0 Å². The van der Waals surface area contributed by atoms with Crippen molar-refractivity contribution in [2.24, 2.45) is 0 Å². The first-order chi connectivity index (χ1) is 18.4. The van der Waals surface area contributed by atoms with Gasteiger partial charge in [-0.1, -0.05) is 186 Å². The molecule has 0 rings (SSSR count). The van der Waals surface area contributed by atoms with Gasteiger partial charge in [0, 0.05) is 0 Å². The summed E-state index contributed by atoms with van der Waals surface area (Å²) in [7, 11) is 0. The van der Waals surface area contributed by atoms with Crippen LogP contribution in [0, 0.1) is 0 Å². The average molecular weight is 517 g/mol. The second-order valence-corrected chi connectivity index (χ2v) is 11.9. The van der Waals surface area contributed by atoms with E-state index in [1.54, 1.807) is 0 Å². The van der Waals surface area contributed by atoms with Gasteiger partial charge in [-0.05, 0) is 51.4 Å². The molecule has 0 aliphatic heterocycles. The van der Waals surface area contributed by atoms with E-state index in [1.165, 1.54) is 199 Å². The third-order valence-electron chi connectivity index (χ3n) is 8.02. The van der Waals surface area contributed by atoms with E-state index in [9.17, 15) is 0 Å². The number of hydrogen-bond acceptors (Lipinski definition) is 0. The van der Waals surface area contributed by atoms with Gasteiger partial charge in [0.25, 0.3) is 0 Å². The Morgan fingerprint density at radius 3 is 0.568 bits per heavy atom. The van der Waals surface area contributed by atoms with E-state index >= 15 is 0 Å². The highest BCUT2D eigenvalue weighted by Gasteiger charge is 1.95. The summed E-state index contributed by atoms with van der Waals surface area (Å²) < 4.78 is 0. The van der Waals surface area contributed by atoms with Crippen molar-refractivity contribution in [3.05, 3.63) is 24.3 Å². The van der Waals surface area contributed by atoms with Crippen LogP contribution < -0.4 is 0 Å². The molecule has 220 valence electrons. The molecule has 0 radical (unpaired) electrons. The molecule has 0 nitrogen and oxygen atoms in total. The fourth-order valence-corrected chi connectivity index (χ4v) is 5.38. The van der Waals surface area contributed by atoms with Gasteiger partial charge in [0.15, 0.2) is 0 Å². The van der Waals surface area contributed by atoms with E-state index in [0.29, 0.717) is 0 Å². The standard InChI is InChI=1S/C37H72/c1-3-5-7-9-11-13-15-17-19-21-23-25-27-29-31-33-35-37-36-34-32-30-28-26-24-22-20-18-16-14-12-10-8-6-4-2/h17,19,36-37H,3-16,18,20-35H2,1-2H3/b19-17-,37-36?. The van der Waals surface area contributed by atoms with Crippen molar-refractivity contribution in [1.29, 1.82) is 0 Å². The van der Waals surface area contributed by atoms with Crippen LogP contribution in [0.4, 0.5) is 0 Å². The van der Waals surface area contributed by atoms with Crippen LogP contribution in [-0.4, -0.2) is 0 Å². The summed E-state index contributed by atoms with van der Waals surface area (Å²) in [4.78, 5) is 0. The highest BCUT2D eigenvalue weighted by Crippen LogP contribution is 2.14. The maximum absolute atomic E-state index is 2.46. The molecular weight excluding hydrogens is 444 g/mol. The van der Waals surface area contributed by atoms with Gasteiger partial charge in [0.1, 0.15) is 0 Å². The predicted molar refractivity (Wildman–Crippen MR) is 173 cm³/mol. The molecule has 37 heavy (non-hydrogen) atoms. The SMILES string of the molecule is CCCCCCCC/C=C\CCCCCCCCC=CCCCCCCCCCCCCCCCCC. The second kappa shape index (κ2) is 35.5. The summed E-state index contributed by atoms with van der Waals surface area (Å²) in [6.07, 6.45) is 53.9. The highest BCUT2D eigenvalue weighted by atomic mass is 14.0. The first kappa shape index (κ1) is 36.5. The molecule has 0 aliphatic carbocycles. The lowest BCUT2D eigenvalue weighted by atomic mass is 10.0. The molecule has 0 atom stereocenters. The first-order valence-electron chi connectivity index (χ1n) is 17.7. The summed E-state index contributed by atoms with van der Waals surface area (Å²) in [6.45, 7) is 4.60. The molecule has 0 fully saturated rings. The topological polar surface area (TPSA) is 0 Å². The van der Waals surface area contributed by atoms with Gasteiger partial charge in [-0.2, -0.15) is 0 Å². The molecule has 0 aliphatic rings. The molecule has 0 aromatic heterocycles. The van der Waals surface area contributed by atoms with Crippen LogP contribution in [0.1, 0.15) is 213 Å². The van der Waals surface area contributed by atoms with Crippen molar-refractivity contribution in [1.82, 2.24) is 0 Å². The lowest BCUT2D eigenvalue weighted by Gasteiger charge is -2.03. The van der Waals surface area contributed by atoms with Gasteiger partial charge in [0.05, 0.1) is 0 Å². The van der Waals surface area contributed by atoms with Crippen molar-refractivity contribution in [2.45, 2.75) is 213 Å². The summed E-state index contributed by atoms with van der Waals surface area (Å²) in [5.41, 5.74) is 0. The minimum atomic E-state index is 1.30. The summed E-state index contributed by atoms with van der Waals surface area (Å²) in [5, 5.41) is 0. The maximum Gasteiger partial charge on any atom is -0.0351 e. The molecule has 0 unspecified atom stereocenters. The normalized spacial score (nSPS) is 11.9. The van der Waals surface area contributed by atoms with Crippen LogP contribution in [0.5, 0.6) is 0 Å². The molecule has 0 saturated carbocycles. The van der Waals surface area contributed by atoms with Crippen molar-refractivity contribution < 1.29 is 0 Å². The third kappa shape index (κ3) is 35.5. The van der Waals surface area contributed by atoms with Gasteiger partial charge in [0.2, 0.25) is 0 Å². The molecular formula is C37H72. The minimum absolute atomic E-state index is 1.30. The van der Waals surface area contributed by atoms with Gasteiger partial charge >= 0.3 is 0 Å². The summed E-state index contributed by atoms with van der Waals surface area (Å²) >= 11 is 0. The smallest absolute Gasteiger partial charge is 0.0351 e. The van der Waals surface area contributed by atoms with E-state index in [0.717, 1.165) is 0 Å². The number of hydrogen-bond donors (Lipinski definition) is 0. The first-order valence-corrected chi connectivity index (χ1v) is 17.7. The molecule has 0 spiro atoms. The minimum Gasteiger partial charge on any atom is -0.0885 e. The molecule has 0 heterocycles.